The zero-order valence-electron chi connectivity index (χ0n) is 9.31. The molecule has 5 heteroatoms. The molecule has 0 aromatic carbocycles. The van der Waals surface area contributed by atoms with E-state index >= 15 is 0 Å². The van der Waals surface area contributed by atoms with E-state index in [2.05, 4.69) is 10.3 Å². The Labute approximate surface area is 96.0 Å². The minimum Gasteiger partial charge on any atom is -0.382 e. The predicted molar refractivity (Wildman–Crippen MR) is 64.3 cm³/mol. The minimum absolute atomic E-state index is 0.268. The lowest BCUT2D eigenvalue weighted by molar-refractivity contribution is 0.559. The van der Waals surface area contributed by atoms with E-state index in [1.165, 1.54) is 0 Å². The normalized spacial score (nSPS) is 20.6. The van der Waals surface area contributed by atoms with E-state index in [-0.39, 0.29) is 6.04 Å². The number of aryl methyl sites for hydroxylation is 1. The van der Waals surface area contributed by atoms with Crippen LogP contribution in [0.15, 0.2) is 18.5 Å². The van der Waals surface area contributed by atoms with Crippen LogP contribution in [0.1, 0.15) is 18.4 Å². The lowest BCUT2D eigenvalue weighted by Crippen LogP contribution is -2.32. The van der Waals surface area contributed by atoms with Gasteiger partial charge in [-0.05, 0) is 31.4 Å². The molecule has 0 spiro atoms. The Kier molecular flexibility index (Phi) is 3.14. The van der Waals surface area contributed by atoms with Crippen LogP contribution < -0.4 is 5.32 Å². The van der Waals surface area contributed by atoms with Gasteiger partial charge in [-0.3, -0.25) is 4.98 Å². The van der Waals surface area contributed by atoms with Gasteiger partial charge in [-0.1, -0.05) is 0 Å². The van der Waals surface area contributed by atoms with Gasteiger partial charge in [0.1, 0.15) is 9.84 Å². The highest BCUT2D eigenvalue weighted by molar-refractivity contribution is 7.91. The summed E-state index contributed by atoms with van der Waals surface area (Å²) >= 11 is 0. The first-order valence-electron chi connectivity index (χ1n) is 5.44. The molecule has 2 heterocycles. The molecule has 1 saturated heterocycles. The zero-order chi connectivity index (χ0) is 11.6. The van der Waals surface area contributed by atoms with Gasteiger partial charge >= 0.3 is 0 Å². The van der Waals surface area contributed by atoms with E-state index in [9.17, 15) is 8.42 Å². The predicted octanol–water partition coefficient (Wildman–Crippen LogP) is 1.38. The smallest absolute Gasteiger partial charge is 0.150 e. The molecule has 0 amide bonds. The van der Waals surface area contributed by atoms with E-state index in [0.29, 0.717) is 24.3 Å². The zero-order valence-corrected chi connectivity index (χ0v) is 10.1. The summed E-state index contributed by atoms with van der Waals surface area (Å²) in [7, 11) is -2.77. The van der Waals surface area contributed by atoms with E-state index in [0.717, 1.165) is 11.3 Å². The standard InChI is InChI=1S/C11H16N2O2S/c1-9-8-12-5-2-11(9)13-10-3-6-16(14,15)7-4-10/h2,5,8,10H,3-4,6-7H2,1H3,(H,12,13). The summed E-state index contributed by atoms with van der Waals surface area (Å²) in [4.78, 5) is 4.03. The van der Waals surface area contributed by atoms with Crippen LogP contribution in [0.2, 0.25) is 0 Å². The Morgan fingerprint density at radius 2 is 2.06 bits per heavy atom. The molecule has 0 aliphatic carbocycles. The minimum atomic E-state index is -2.77. The molecule has 0 radical (unpaired) electrons. The summed E-state index contributed by atoms with van der Waals surface area (Å²) in [6.45, 7) is 1.99. The third-order valence-corrected chi connectivity index (χ3v) is 4.65. The van der Waals surface area contributed by atoms with Crippen LogP contribution in [-0.4, -0.2) is 30.9 Å². The maximum absolute atomic E-state index is 11.3. The van der Waals surface area contributed by atoms with Crippen LogP contribution in [0.4, 0.5) is 5.69 Å². The number of hydrogen-bond acceptors (Lipinski definition) is 4. The van der Waals surface area contributed by atoms with Crippen LogP contribution in [0.25, 0.3) is 0 Å². The highest BCUT2D eigenvalue weighted by Gasteiger charge is 2.23. The van der Waals surface area contributed by atoms with Crippen molar-refractivity contribution in [2.45, 2.75) is 25.8 Å². The molecule has 1 aliphatic rings. The van der Waals surface area contributed by atoms with E-state index in [1.807, 2.05) is 19.2 Å². The molecule has 1 aromatic heterocycles. The topological polar surface area (TPSA) is 59.1 Å². The average molecular weight is 240 g/mol. The lowest BCUT2D eigenvalue weighted by Gasteiger charge is -2.24. The number of rotatable bonds is 2. The lowest BCUT2D eigenvalue weighted by atomic mass is 10.1. The second kappa shape index (κ2) is 4.41. The van der Waals surface area contributed by atoms with Crippen molar-refractivity contribution in [2.75, 3.05) is 16.8 Å². The molecular weight excluding hydrogens is 224 g/mol. The third kappa shape index (κ3) is 2.72. The van der Waals surface area contributed by atoms with Crippen molar-refractivity contribution in [3.05, 3.63) is 24.0 Å². The maximum Gasteiger partial charge on any atom is 0.150 e. The molecule has 2 rings (SSSR count). The highest BCUT2D eigenvalue weighted by Crippen LogP contribution is 2.19. The van der Waals surface area contributed by atoms with Gasteiger partial charge < -0.3 is 5.32 Å². The van der Waals surface area contributed by atoms with Crippen molar-refractivity contribution in [2.24, 2.45) is 0 Å². The molecule has 0 atom stereocenters. The number of hydrogen-bond donors (Lipinski definition) is 1. The maximum atomic E-state index is 11.3. The first-order valence-corrected chi connectivity index (χ1v) is 7.26. The first-order chi connectivity index (χ1) is 7.57. The number of anilines is 1. The van der Waals surface area contributed by atoms with E-state index in [1.54, 1.807) is 6.20 Å². The van der Waals surface area contributed by atoms with Gasteiger partial charge in [0.2, 0.25) is 0 Å². The Balaban J connectivity index is 2.00. The van der Waals surface area contributed by atoms with Gasteiger partial charge in [-0.25, -0.2) is 8.42 Å². The van der Waals surface area contributed by atoms with Crippen molar-refractivity contribution < 1.29 is 8.42 Å². The summed E-state index contributed by atoms with van der Waals surface area (Å²) in [5, 5.41) is 3.38. The fourth-order valence-corrected chi connectivity index (χ4v) is 3.38. The van der Waals surface area contributed by atoms with Crippen molar-refractivity contribution in [3.8, 4) is 0 Å². The molecular formula is C11H16N2O2S. The van der Waals surface area contributed by atoms with Gasteiger partial charge in [0.05, 0.1) is 11.5 Å². The van der Waals surface area contributed by atoms with Crippen molar-refractivity contribution in [1.29, 1.82) is 0 Å². The van der Waals surface area contributed by atoms with E-state index in [4.69, 9.17) is 0 Å². The summed E-state index contributed by atoms with van der Waals surface area (Å²) in [6, 6.07) is 2.20. The molecule has 88 valence electrons. The van der Waals surface area contributed by atoms with Crippen LogP contribution >= 0.6 is 0 Å². The number of aromatic nitrogens is 1. The molecule has 1 fully saturated rings. The molecule has 1 aromatic rings. The van der Waals surface area contributed by atoms with Gasteiger partial charge in [0, 0.05) is 24.1 Å². The van der Waals surface area contributed by atoms with Crippen molar-refractivity contribution in [3.63, 3.8) is 0 Å². The fraction of sp³-hybridized carbons (Fsp3) is 0.545. The highest BCUT2D eigenvalue weighted by atomic mass is 32.2. The fourth-order valence-electron chi connectivity index (χ4n) is 1.89. The Bertz CT molecular complexity index is 457. The molecule has 0 saturated carbocycles. The van der Waals surface area contributed by atoms with E-state index < -0.39 is 9.84 Å². The van der Waals surface area contributed by atoms with Crippen LogP contribution in [-0.2, 0) is 9.84 Å². The number of sulfone groups is 1. The Morgan fingerprint density at radius 1 is 1.38 bits per heavy atom. The quantitative estimate of drug-likeness (QED) is 0.848. The molecule has 1 aliphatic heterocycles. The van der Waals surface area contributed by atoms with Crippen LogP contribution in [0, 0.1) is 6.92 Å². The summed E-state index contributed by atoms with van der Waals surface area (Å²) in [6.07, 6.45) is 4.95. The van der Waals surface area contributed by atoms with Gasteiger partial charge in [-0.15, -0.1) is 0 Å². The molecule has 0 bridgehead atoms. The largest absolute Gasteiger partial charge is 0.382 e. The summed E-state index contributed by atoms with van der Waals surface area (Å²) < 4.78 is 22.6. The Hall–Kier alpha value is -1.10. The second-order valence-corrected chi connectivity index (χ2v) is 6.56. The van der Waals surface area contributed by atoms with Gasteiger partial charge in [0.15, 0.2) is 0 Å². The molecule has 4 nitrogen and oxygen atoms in total. The number of nitrogens with zero attached hydrogens (tertiary/aromatic N) is 1. The Morgan fingerprint density at radius 3 is 2.69 bits per heavy atom. The van der Waals surface area contributed by atoms with Gasteiger partial charge in [-0.2, -0.15) is 0 Å². The molecule has 1 N–H and O–H groups in total. The molecule has 0 unspecified atom stereocenters. The molecule has 16 heavy (non-hydrogen) atoms. The van der Waals surface area contributed by atoms with Crippen LogP contribution in [0.3, 0.4) is 0 Å². The van der Waals surface area contributed by atoms with Crippen LogP contribution in [0.5, 0.6) is 0 Å². The SMILES string of the molecule is Cc1cnccc1NC1CCS(=O)(=O)CC1. The summed E-state index contributed by atoms with van der Waals surface area (Å²) in [5.41, 5.74) is 2.15. The summed E-state index contributed by atoms with van der Waals surface area (Å²) in [5.74, 6) is 0.601. The van der Waals surface area contributed by atoms with Gasteiger partial charge in [0.25, 0.3) is 0 Å². The number of nitrogens with one attached hydrogen (secondary N) is 1. The third-order valence-electron chi connectivity index (χ3n) is 2.93. The average Bonchev–Trinajstić information content (AvgIpc) is 2.24. The second-order valence-electron chi connectivity index (χ2n) is 4.26. The number of pyridine rings is 1. The first kappa shape index (κ1) is 11.4. The van der Waals surface area contributed by atoms with Crippen molar-refractivity contribution in [1.82, 2.24) is 4.98 Å². The monoisotopic (exact) mass is 240 g/mol. The van der Waals surface area contributed by atoms with Crippen molar-refractivity contribution >= 4 is 15.5 Å².